The summed E-state index contributed by atoms with van der Waals surface area (Å²) < 4.78 is 27.2. The first-order valence-corrected chi connectivity index (χ1v) is 9.74. The molecule has 5 nitrogen and oxygen atoms in total. The molecule has 25 heavy (non-hydrogen) atoms. The molecule has 0 aromatic heterocycles. The minimum atomic E-state index is -3.74. The lowest BCUT2D eigenvalue weighted by atomic mass is 10.2. The lowest BCUT2D eigenvalue weighted by Gasteiger charge is -2.27. The molecule has 1 unspecified atom stereocenters. The SMILES string of the molecule is CCCN(C(C)C(=O)Nc1ccccc1)S(=O)(=O)c1ccc(C)cc1. The lowest BCUT2D eigenvalue weighted by Crippen LogP contribution is -2.45. The van der Waals surface area contributed by atoms with Gasteiger partial charge < -0.3 is 5.32 Å². The van der Waals surface area contributed by atoms with Crippen LogP contribution in [-0.4, -0.2) is 31.2 Å². The topological polar surface area (TPSA) is 66.5 Å². The van der Waals surface area contributed by atoms with E-state index in [-0.39, 0.29) is 17.3 Å². The van der Waals surface area contributed by atoms with E-state index in [0.717, 1.165) is 5.56 Å². The highest BCUT2D eigenvalue weighted by Gasteiger charge is 2.32. The van der Waals surface area contributed by atoms with Crippen molar-refractivity contribution < 1.29 is 13.2 Å². The summed E-state index contributed by atoms with van der Waals surface area (Å²) in [5.41, 5.74) is 1.62. The zero-order valence-electron chi connectivity index (χ0n) is 14.8. The molecule has 0 saturated heterocycles. The molecule has 134 valence electrons. The van der Waals surface area contributed by atoms with Crippen molar-refractivity contribution in [1.82, 2.24) is 4.31 Å². The van der Waals surface area contributed by atoms with Gasteiger partial charge in [0.05, 0.1) is 4.90 Å². The number of benzene rings is 2. The Hall–Kier alpha value is -2.18. The van der Waals surface area contributed by atoms with Crippen LogP contribution in [0.1, 0.15) is 25.8 Å². The van der Waals surface area contributed by atoms with E-state index in [9.17, 15) is 13.2 Å². The normalized spacial score (nSPS) is 12.8. The predicted molar refractivity (Wildman–Crippen MR) is 99.9 cm³/mol. The number of carbonyl (C=O) groups excluding carboxylic acids is 1. The van der Waals surface area contributed by atoms with Crippen LogP contribution in [0, 0.1) is 6.92 Å². The van der Waals surface area contributed by atoms with Gasteiger partial charge in [-0.05, 0) is 44.5 Å². The van der Waals surface area contributed by atoms with E-state index in [1.165, 1.54) is 4.31 Å². The van der Waals surface area contributed by atoms with Gasteiger partial charge in [0.15, 0.2) is 0 Å². The van der Waals surface area contributed by atoms with Crippen molar-refractivity contribution in [1.29, 1.82) is 0 Å². The molecule has 0 fully saturated rings. The highest BCUT2D eigenvalue weighted by atomic mass is 32.2. The first-order chi connectivity index (χ1) is 11.9. The van der Waals surface area contributed by atoms with E-state index >= 15 is 0 Å². The molecule has 0 heterocycles. The fraction of sp³-hybridized carbons (Fsp3) is 0.316. The van der Waals surface area contributed by atoms with Crippen LogP contribution < -0.4 is 5.32 Å². The zero-order chi connectivity index (χ0) is 18.4. The number of hydrogen-bond acceptors (Lipinski definition) is 3. The first kappa shape index (κ1) is 19.1. The van der Waals surface area contributed by atoms with Gasteiger partial charge in [-0.25, -0.2) is 8.42 Å². The Kier molecular flexibility index (Phi) is 6.33. The third kappa shape index (κ3) is 4.67. The predicted octanol–water partition coefficient (Wildman–Crippen LogP) is 3.42. The van der Waals surface area contributed by atoms with Crippen molar-refractivity contribution in [3.63, 3.8) is 0 Å². The number of hydrogen-bond donors (Lipinski definition) is 1. The standard InChI is InChI=1S/C19H24N2O3S/c1-4-14-21(25(23,24)18-12-10-15(2)11-13-18)16(3)19(22)20-17-8-6-5-7-9-17/h5-13,16H,4,14H2,1-3H3,(H,20,22). The number of rotatable bonds is 7. The average molecular weight is 360 g/mol. The van der Waals surface area contributed by atoms with Gasteiger partial charge in [0.25, 0.3) is 0 Å². The molecule has 0 aliphatic rings. The van der Waals surface area contributed by atoms with Gasteiger partial charge in [-0.2, -0.15) is 4.31 Å². The van der Waals surface area contributed by atoms with Crippen LogP contribution in [0.3, 0.4) is 0 Å². The highest BCUT2D eigenvalue weighted by Crippen LogP contribution is 2.20. The summed E-state index contributed by atoms with van der Waals surface area (Å²) in [6.07, 6.45) is 0.619. The minimum Gasteiger partial charge on any atom is -0.325 e. The number of aryl methyl sites for hydroxylation is 1. The van der Waals surface area contributed by atoms with E-state index in [1.807, 2.05) is 32.0 Å². The van der Waals surface area contributed by atoms with Gasteiger partial charge in [-0.3, -0.25) is 4.79 Å². The van der Waals surface area contributed by atoms with Crippen LogP contribution >= 0.6 is 0 Å². The maximum absolute atomic E-state index is 13.0. The van der Waals surface area contributed by atoms with E-state index in [0.29, 0.717) is 12.1 Å². The molecule has 2 rings (SSSR count). The largest absolute Gasteiger partial charge is 0.325 e. The van der Waals surface area contributed by atoms with Crippen molar-refractivity contribution in [2.24, 2.45) is 0 Å². The van der Waals surface area contributed by atoms with Crippen molar-refractivity contribution in [3.05, 3.63) is 60.2 Å². The molecule has 0 aliphatic heterocycles. The molecule has 1 amide bonds. The molecule has 1 N–H and O–H groups in total. The molecule has 0 bridgehead atoms. The second-order valence-corrected chi connectivity index (χ2v) is 7.85. The Morgan fingerprint density at radius 2 is 1.68 bits per heavy atom. The van der Waals surface area contributed by atoms with Gasteiger partial charge >= 0.3 is 0 Å². The van der Waals surface area contributed by atoms with Crippen molar-refractivity contribution in [2.75, 3.05) is 11.9 Å². The zero-order valence-corrected chi connectivity index (χ0v) is 15.6. The summed E-state index contributed by atoms with van der Waals surface area (Å²) in [4.78, 5) is 12.7. The Morgan fingerprint density at radius 1 is 1.08 bits per heavy atom. The van der Waals surface area contributed by atoms with Gasteiger partial charge in [0.2, 0.25) is 15.9 Å². The molecule has 2 aromatic rings. The number of anilines is 1. The molecule has 1 atom stereocenters. The summed E-state index contributed by atoms with van der Waals surface area (Å²) in [5, 5.41) is 2.77. The van der Waals surface area contributed by atoms with Crippen LogP contribution in [0.2, 0.25) is 0 Å². The second-order valence-electron chi connectivity index (χ2n) is 5.96. The Bertz CT molecular complexity index is 802. The summed E-state index contributed by atoms with van der Waals surface area (Å²) >= 11 is 0. The Balaban J connectivity index is 2.26. The van der Waals surface area contributed by atoms with E-state index in [2.05, 4.69) is 5.32 Å². The Labute approximate surface area is 149 Å². The van der Waals surface area contributed by atoms with Crippen molar-refractivity contribution in [3.8, 4) is 0 Å². The average Bonchev–Trinajstić information content (AvgIpc) is 2.60. The van der Waals surface area contributed by atoms with Gasteiger partial charge in [0, 0.05) is 12.2 Å². The third-order valence-corrected chi connectivity index (χ3v) is 5.91. The lowest BCUT2D eigenvalue weighted by molar-refractivity contribution is -0.119. The molecule has 0 saturated carbocycles. The number of nitrogens with zero attached hydrogens (tertiary/aromatic N) is 1. The Morgan fingerprint density at radius 3 is 2.24 bits per heavy atom. The molecular weight excluding hydrogens is 336 g/mol. The summed E-state index contributed by atoms with van der Waals surface area (Å²) in [6, 6.07) is 14.9. The number of amides is 1. The van der Waals surface area contributed by atoms with Gasteiger partial charge in [-0.15, -0.1) is 0 Å². The van der Waals surface area contributed by atoms with E-state index in [1.54, 1.807) is 43.3 Å². The van der Waals surface area contributed by atoms with E-state index < -0.39 is 16.1 Å². The number of sulfonamides is 1. The molecule has 0 aliphatic carbocycles. The maximum Gasteiger partial charge on any atom is 0.243 e. The van der Waals surface area contributed by atoms with Crippen molar-refractivity contribution >= 4 is 21.6 Å². The summed E-state index contributed by atoms with van der Waals surface area (Å²) in [5.74, 6) is -0.352. The molecule has 2 aromatic carbocycles. The molecule has 0 spiro atoms. The molecular formula is C19H24N2O3S. The quantitative estimate of drug-likeness (QED) is 0.823. The van der Waals surface area contributed by atoms with Crippen LogP contribution in [-0.2, 0) is 14.8 Å². The van der Waals surface area contributed by atoms with Crippen LogP contribution in [0.15, 0.2) is 59.5 Å². The molecule has 0 radical (unpaired) electrons. The maximum atomic E-state index is 13.0. The van der Waals surface area contributed by atoms with Crippen LogP contribution in [0.5, 0.6) is 0 Å². The summed E-state index contributed by atoms with van der Waals surface area (Å²) in [7, 11) is -3.74. The van der Waals surface area contributed by atoms with Gasteiger partial charge in [-0.1, -0.05) is 42.8 Å². The van der Waals surface area contributed by atoms with Gasteiger partial charge in [0.1, 0.15) is 6.04 Å². The number of carbonyl (C=O) groups is 1. The van der Waals surface area contributed by atoms with E-state index in [4.69, 9.17) is 0 Å². The van der Waals surface area contributed by atoms with Crippen LogP contribution in [0.25, 0.3) is 0 Å². The van der Waals surface area contributed by atoms with Crippen LogP contribution in [0.4, 0.5) is 5.69 Å². The first-order valence-electron chi connectivity index (χ1n) is 8.30. The number of para-hydroxylation sites is 1. The number of nitrogens with one attached hydrogen (secondary N) is 1. The minimum absolute atomic E-state index is 0.200. The fourth-order valence-electron chi connectivity index (χ4n) is 2.49. The third-order valence-electron chi connectivity index (χ3n) is 3.92. The highest BCUT2D eigenvalue weighted by molar-refractivity contribution is 7.89. The molecule has 6 heteroatoms. The monoisotopic (exact) mass is 360 g/mol. The fourth-order valence-corrected chi connectivity index (χ4v) is 4.17. The summed E-state index contributed by atoms with van der Waals surface area (Å²) in [6.45, 7) is 5.68. The smallest absolute Gasteiger partial charge is 0.243 e. The second kappa shape index (κ2) is 8.27. The van der Waals surface area contributed by atoms with Crippen molar-refractivity contribution in [2.45, 2.75) is 38.1 Å².